The lowest BCUT2D eigenvalue weighted by Crippen LogP contribution is -1.88. The molecule has 0 unspecified atom stereocenters. The first-order chi connectivity index (χ1) is 3.66. The van der Waals surface area contributed by atoms with E-state index in [1.165, 1.54) is 0 Å². The number of carbonyl (C=O) groups is 1. The van der Waals surface area contributed by atoms with Crippen molar-refractivity contribution in [2.24, 2.45) is 0 Å². The fourth-order valence-electron chi connectivity index (χ4n) is 0.173. The summed E-state index contributed by atoms with van der Waals surface area (Å²) >= 11 is 8.27. The number of carboxylic acids is 1. The monoisotopic (exact) mass is 198 g/mol. The van der Waals surface area contributed by atoms with E-state index in [1.54, 1.807) is 0 Å². The van der Waals surface area contributed by atoms with Gasteiger partial charge in [0.1, 0.15) is 0 Å². The second-order valence-electron chi connectivity index (χ2n) is 1.06. The van der Waals surface area contributed by atoms with Gasteiger partial charge >= 0.3 is 5.97 Å². The van der Waals surface area contributed by atoms with Gasteiger partial charge in [0, 0.05) is 16.4 Å². The van der Waals surface area contributed by atoms with Crippen molar-refractivity contribution < 1.29 is 9.90 Å². The Morgan fingerprint density at radius 2 is 2.38 bits per heavy atom. The molecule has 0 rings (SSSR count). The molecular formula is C4H4BrClO2. The minimum atomic E-state index is -1.02. The first kappa shape index (κ1) is 7.98. The number of aliphatic carboxylic acids is 1. The minimum absolute atomic E-state index is 0.289. The Morgan fingerprint density at radius 3 is 2.50 bits per heavy atom. The number of hydrogen-bond acceptors (Lipinski definition) is 1. The van der Waals surface area contributed by atoms with Gasteiger partial charge in [0.05, 0.1) is 0 Å². The van der Waals surface area contributed by atoms with Crippen LogP contribution >= 0.6 is 27.5 Å². The zero-order valence-electron chi connectivity index (χ0n) is 3.90. The summed E-state index contributed by atoms with van der Waals surface area (Å²) in [5.74, 6) is -1.02. The molecule has 0 aliphatic heterocycles. The fourth-order valence-corrected chi connectivity index (χ4v) is 0.428. The third kappa shape index (κ3) is 4.15. The smallest absolute Gasteiger partial charge is 0.329 e. The summed E-state index contributed by atoms with van der Waals surface area (Å²) < 4.78 is 0. The van der Waals surface area contributed by atoms with Crippen molar-refractivity contribution in [1.29, 1.82) is 0 Å². The first-order valence-electron chi connectivity index (χ1n) is 1.81. The molecule has 0 radical (unpaired) electrons. The molecule has 2 nitrogen and oxygen atoms in total. The number of halogens is 2. The largest absolute Gasteiger partial charge is 0.478 e. The van der Waals surface area contributed by atoms with E-state index in [9.17, 15) is 4.79 Å². The lowest BCUT2D eigenvalue weighted by Gasteiger charge is -1.83. The quantitative estimate of drug-likeness (QED) is 0.542. The van der Waals surface area contributed by atoms with Gasteiger partial charge < -0.3 is 5.11 Å². The summed E-state index contributed by atoms with van der Waals surface area (Å²) in [5.41, 5.74) is 0. The average molecular weight is 199 g/mol. The number of alkyl halides is 1. The molecule has 46 valence electrons. The summed E-state index contributed by atoms with van der Waals surface area (Å²) in [6.45, 7) is 0. The van der Waals surface area contributed by atoms with Crippen LogP contribution in [0.3, 0.4) is 0 Å². The number of rotatable bonds is 2. The first-order valence-corrected chi connectivity index (χ1v) is 3.31. The van der Waals surface area contributed by atoms with Gasteiger partial charge in [0.25, 0.3) is 0 Å². The van der Waals surface area contributed by atoms with Crippen LogP contribution in [0.4, 0.5) is 0 Å². The molecule has 0 aromatic heterocycles. The standard InChI is InChI=1S/C4H4BrClO2/c5-2-3(6)1-4(7)8/h1H,2H2,(H,7,8)/b3-1+. The van der Waals surface area contributed by atoms with Crippen molar-refractivity contribution in [2.45, 2.75) is 0 Å². The van der Waals surface area contributed by atoms with Crippen molar-refractivity contribution in [3.05, 3.63) is 11.1 Å². The Kier molecular flexibility index (Phi) is 3.91. The Hall–Kier alpha value is -0.0200. The SMILES string of the molecule is O=C(O)/C=C(/Cl)CBr. The van der Waals surface area contributed by atoms with Crippen LogP contribution in [0.1, 0.15) is 0 Å². The molecule has 0 atom stereocenters. The van der Waals surface area contributed by atoms with Gasteiger partial charge in [0.2, 0.25) is 0 Å². The van der Waals surface area contributed by atoms with Gasteiger partial charge in [-0.15, -0.1) is 0 Å². The van der Waals surface area contributed by atoms with Gasteiger partial charge in [0.15, 0.2) is 0 Å². The van der Waals surface area contributed by atoms with E-state index in [2.05, 4.69) is 15.9 Å². The molecule has 0 spiro atoms. The fraction of sp³-hybridized carbons (Fsp3) is 0.250. The molecule has 0 saturated carbocycles. The van der Waals surface area contributed by atoms with Crippen LogP contribution in [-0.4, -0.2) is 16.4 Å². The predicted molar refractivity (Wildman–Crippen MR) is 35.4 cm³/mol. The van der Waals surface area contributed by atoms with Crippen molar-refractivity contribution in [3.8, 4) is 0 Å². The minimum Gasteiger partial charge on any atom is -0.478 e. The van der Waals surface area contributed by atoms with E-state index in [-0.39, 0.29) is 5.03 Å². The molecule has 0 fully saturated rings. The van der Waals surface area contributed by atoms with Crippen LogP contribution in [0.15, 0.2) is 11.1 Å². The zero-order valence-corrected chi connectivity index (χ0v) is 6.24. The van der Waals surface area contributed by atoms with E-state index < -0.39 is 5.97 Å². The highest BCUT2D eigenvalue weighted by Gasteiger charge is 1.91. The zero-order chi connectivity index (χ0) is 6.57. The Bertz CT molecular complexity index is 121. The third-order valence-electron chi connectivity index (χ3n) is 0.408. The predicted octanol–water partition coefficient (Wildman–Crippen LogP) is 1.59. The van der Waals surface area contributed by atoms with Crippen LogP contribution in [-0.2, 0) is 4.79 Å². The maximum atomic E-state index is 9.79. The van der Waals surface area contributed by atoms with Crippen LogP contribution in [0.25, 0.3) is 0 Å². The Morgan fingerprint density at radius 1 is 1.88 bits per heavy atom. The molecule has 0 aliphatic rings. The molecule has 0 bridgehead atoms. The maximum absolute atomic E-state index is 9.79. The van der Waals surface area contributed by atoms with Gasteiger partial charge in [-0.2, -0.15) is 0 Å². The highest BCUT2D eigenvalue weighted by molar-refractivity contribution is 9.09. The van der Waals surface area contributed by atoms with Crippen molar-refractivity contribution >= 4 is 33.5 Å². The molecule has 0 amide bonds. The summed E-state index contributed by atoms with van der Waals surface area (Å²) in [4.78, 5) is 9.79. The summed E-state index contributed by atoms with van der Waals surface area (Å²) in [7, 11) is 0. The molecule has 8 heavy (non-hydrogen) atoms. The maximum Gasteiger partial charge on any atom is 0.329 e. The number of carboxylic acid groups (broad SMARTS) is 1. The highest BCUT2D eigenvalue weighted by atomic mass is 79.9. The summed E-state index contributed by atoms with van der Waals surface area (Å²) in [6, 6.07) is 0. The molecule has 0 aliphatic carbocycles. The topological polar surface area (TPSA) is 37.3 Å². The number of allylic oxidation sites excluding steroid dienone is 1. The van der Waals surface area contributed by atoms with Crippen molar-refractivity contribution in [3.63, 3.8) is 0 Å². The second-order valence-corrected chi connectivity index (χ2v) is 2.11. The van der Waals surface area contributed by atoms with Crippen molar-refractivity contribution in [1.82, 2.24) is 0 Å². The van der Waals surface area contributed by atoms with Crippen LogP contribution < -0.4 is 0 Å². The van der Waals surface area contributed by atoms with E-state index >= 15 is 0 Å². The molecule has 0 aromatic rings. The molecular weight excluding hydrogens is 195 g/mol. The van der Waals surface area contributed by atoms with Gasteiger partial charge in [-0.3, -0.25) is 0 Å². The third-order valence-corrected chi connectivity index (χ3v) is 1.58. The van der Waals surface area contributed by atoms with Gasteiger partial charge in [-0.05, 0) is 0 Å². The number of hydrogen-bond donors (Lipinski definition) is 1. The van der Waals surface area contributed by atoms with Gasteiger partial charge in [-0.1, -0.05) is 27.5 Å². The highest BCUT2D eigenvalue weighted by Crippen LogP contribution is 2.03. The molecule has 0 heterocycles. The van der Waals surface area contributed by atoms with E-state index in [0.29, 0.717) is 5.33 Å². The van der Waals surface area contributed by atoms with Gasteiger partial charge in [-0.25, -0.2) is 4.79 Å². The lowest BCUT2D eigenvalue weighted by molar-refractivity contribution is -0.131. The van der Waals surface area contributed by atoms with Crippen molar-refractivity contribution in [2.75, 3.05) is 5.33 Å². The lowest BCUT2D eigenvalue weighted by atomic mass is 10.5. The summed E-state index contributed by atoms with van der Waals surface area (Å²) in [6.07, 6.45) is 0.941. The van der Waals surface area contributed by atoms with Crippen LogP contribution in [0.2, 0.25) is 0 Å². The normalized spacial score (nSPS) is 11.5. The van der Waals surface area contributed by atoms with E-state index in [1.807, 2.05) is 0 Å². The second kappa shape index (κ2) is 3.92. The Balaban J connectivity index is 3.75. The molecule has 4 heteroatoms. The van der Waals surface area contributed by atoms with Crippen LogP contribution in [0.5, 0.6) is 0 Å². The van der Waals surface area contributed by atoms with E-state index in [4.69, 9.17) is 16.7 Å². The van der Waals surface area contributed by atoms with E-state index in [0.717, 1.165) is 6.08 Å². The molecule has 0 aromatic carbocycles. The van der Waals surface area contributed by atoms with Crippen LogP contribution in [0, 0.1) is 0 Å². The summed E-state index contributed by atoms with van der Waals surface area (Å²) in [5, 5.41) is 8.71. The molecule has 0 saturated heterocycles. The Labute approximate surface area is 60.3 Å². The average Bonchev–Trinajstić information content (AvgIpc) is 1.65. The molecule has 1 N–H and O–H groups in total.